The Morgan fingerprint density at radius 1 is 0.425 bits per heavy atom. The van der Waals surface area contributed by atoms with Gasteiger partial charge >= 0.3 is 0 Å². The van der Waals surface area contributed by atoms with E-state index in [1.54, 1.807) is 0 Å². The first-order valence-corrected chi connectivity index (χ1v) is 13.6. The first kappa shape index (κ1) is 22.6. The molecular formula is C38H25NO. The highest BCUT2D eigenvalue weighted by molar-refractivity contribution is 6.12. The molecule has 0 bridgehead atoms. The van der Waals surface area contributed by atoms with E-state index >= 15 is 0 Å². The summed E-state index contributed by atoms with van der Waals surface area (Å²) in [5, 5.41) is 7.13. The maximum atomic E-state index is 6.56. The van der Waals surface area contributed by atoms with Crippen LogP contribution < -0.4 is 4.90 Å². The van der Waals surface area contributed by atoms with E-state index < -0.39 is 0 Å². The molecule has 0 aliphatic carbocycles. The second-order valence-corrected chi connectivity index (χ2v) is 10.2. The van der Waals surface area contributed by atoms with Crippen LogP contribution in [0.1, 0.15) is 0 Å². The Morgan fingerprint density at radius 3 is 1.98 bits per heavy atom. The van der Waals surface area contributed by atoms with Crippen LogP contribution in [-0.4, -0.2) is 0 Å². The standard InChI is InChI=1S/C38H25NO/c1-2-14-30(15-3-1)39(35-19-10-18-33-32-17-8-9-20-36(32)40-38(33)35)34-24-23-27-12-6-7-16-31(27)37(34)29-22-21-26-11-4-5-13-28(26)25-29/h1-25H. The fourth-order valence-corrected chi connectivity index (χ4v) is 5.99. The normalized spacial score (nSPS) is 11.5. The molecule has 7 aromatic carbocycles. The second-order valence-electron chi connectivity index (χ2n) is 10.2. The second kappa shape index (κ2) is 9.14. The molecule has 0 saturated carbocycles. The Hall–Kier alpha value is -5.34. The summed E-state index contributed by atoms with van der Waals surface area (Å²) < 4.78 is 6.56. The molecule has 188 valence electrons. The quantitative estimate of drug-likeness (QED) is 0.234. The van der Waals surface area contributed by atoms with Crippen LogP contribution in [0, 0.1) is 0 Å². The van der Waals surface area contributed by atoms with Crippen LogP contribution in [0.4, 0.5) is 17.1 Å². The summed E-state index contributed by atoms with van der Waals surface area (Å²) in [6.07, 6.45) is 0. The van der Waals surface area contributed by atoms with Crippen molar-refractivity contribution in [2.24, 2.45) is 0 Å². The van der Waals surface area contributed by atoms with E-state index in [0.29, 0.717) is 0 Å². The number of para-hydroxylation sites is 3. The number of anilines is 3. The Bertz CT molecular complexity index is 2170. The topological polar surface area (TPSA) is 16.4 Å². The lowest BCUT2D eigenvalue weighted by Crippen LogP contribution is -2.11. The van der Waals surface area contributed by atoms with Crippen LogP contribution in [0.5, 0.6) is 0 Å². The number of fused-ring (bicyclic) bond motifs is 5. The van der Waals surface area contributed by atoms with Crippen LogP contribution in [0.3, 0.4) is 0 Å². The van der Waals surface area contributed by atoms with Gasteiger partial charge in [0.2, 0.25) is 0 Å². The van der Waals surface area contributed by atoms with Gasteiger partial charge < -0.3 is 9.32 Å². The van der Waals surface area contributed by atoms with Crippen molar-refractivity contribution in [3.05, 3.63) is 152 Å². The summed E-state index contributed by atoms with van der Waals surface area (Å²) in [5.41, 5.74) is 7.35. The van der Waals surface area contributed by atoms with Crippen LogP contribution in [0.15, 0.2) is 156 Å². The zero-order valence-electron chi connectivity index (χ0n) is 21.8. The monoisotopic (exact) mass is 511 g/mol. The minimum atomic E-state index is 0.880. The van der Waals surface area contributed by atoms with Gasteiger partial charge in [0.15, 0.2) is 5.58 Å². The molecule has 2 heteroatoms. The van der Waals surface area contributed by atoms with Gasteiger partial charge in [-0.3, -0.25) is 0 Å². The van der Waals surface area contributed by atoms with Crippen molar-refractivity contribution < 1.29 is 4.42 Å². The predicted molar refractivity (Wildman–Crippen MR) is 169 cm³/mol. The molecule has 0 amide bonds. The smallest absolute Gasteiger partial charge is 0.159 e. The summed E-state index contributed by atoms with van der Waals surface area (Å²) in [5.74, 6) is 0. The number of hydrogen-bond acceptors (Lipinski definition) is 2. The highest BCUT2D eigenvalue weighted by Gasteiger charge is 2.23. The van der Waals surface area contributed by atoms with Gasteiger partial charge in [0.25, 0.3) is 0 Å². The van der Waals surface area contributed by atoms with E-state index in [4.69, 9.17) is 4.42 Å². The van der Waals surface area contributed by atoms with Crippen molar-refractivity contribution in [2.75, 3.05) is 4.90 Å². The summed E-state index contributed by atoms with van der Waals surface area (Å²) in [4.78, 5) is 2.35. The third-order valence-corrected chi connectivity index (χ3v) is 7.82. The lowest BCUT2D eigenvalue weighted by atomic mass is 9.93. The van der Waals surface area contributed by atoms with Crippen molar-refractivity contribution in [2.45, 2.75) is 0 Å². The highest BCUT2D eigenvalue weighted by Crippen LogP contribution is 2.47. The highest BCUT2D eigenvalue weighted by atomic mass is 16.3. The zero-order chi connectivity index (χ0) is 26.5. The molecule has 0 saturated heterocycles. The van der Waals surface area contributed by atoms with Crippen molar-refractivity contribution >= 4 is 60.5 Å². The lowest BCUT2D eigenvalue weighted by molar-refractivity contribution is 0.669. The Labute approximate surface area is 232 Å². The first-order valence-electron chi connectivity index (χ1n) is 13.6. The van der Waals surface area contributed by atoms with E-state index in [1.807, 2.05) is 12.1 Å². The van der Waals surface area contributed by atoms with Gasteiger partial charge in [0, 0.05) is 22.0 Å². The van der Waals surface area contributed by atoms with Gasteiger partial charge in [-0.2, -0.15) is 0 Å². The van der Waals surface area contributed by atoms with Crippen molar-refractivity contribution in [3.63, 3.8) is 0 Å². The third-order valence-electron chi connectivity index (χ3n) is 7.82. The summed E-state index contributed by atoms with van der Waals surface area (Å²) >= 11 is 0. The molecule has 0 N–H and O–H groups in total. The van der Waals surface area contributed by atoms with Crippen LogP contribution in [0.25, 0.3) is 54.6 Å². The third kappa shape index (κ3) is 3.58. The van der Waals surface area contributed by atoms with E-state index in [1.165, 1.54) is 32.7 Å². The Balaban J connectivity index is 1.48. The molecule has 1 aromatic heterocycles. The van der Waals surface area contributed by atoms with E-state index in [9.17, 15) is 0 Å². The number of hydrogen-bond donors (Lipinski definition) is 0. The molecule has 8 aromatic rings. The molecule has 8 rings (SSSR count). The maximum absolute atomic E-state index is 6.56. The average molecular weight is 512 g/mol. The van der Waals surface area contributed by atoms with Gasteiger partial charge in [-0.1, -0.05) is 115 Å². The molecule has 40 heavy (non-hydrogen) atoms. The van der Waals surface area contributed by atoms with Crippen LogP contribution in [0.2, 0.25) is 0 Å². The number of rotatable bonds is 4. The Kier molecular flexibility index (Phi) is 5.17. The van der Waals surface area contributed by atoms with Gasteiger partial charge in [0.05, 0.1) is 11.4 Å². The predicted octanol–water partition coefficient (Wildman–Crippen LogP) is 11.0. The minimum absolute atomic E-state index is 0.880. The molecule has 0 radical (unpaired) electrons. The number of furan rings is 1. The molecule has 0 aliphatic heterocycles. The lowest BCUT2D eigenvalue weighted by Gasteiger charge is -2.28. The molecule has 1 heterocycles. The van der Waals surface area contributed by atoms with Crippen LogP contribution in [-0.2, 0) is 0 Å². The Morgan fingerprint density at radius 2 is 1.10 bits per heavy atom. The molecule has 0 aliphatic rings. The van der Waals surface area contributed by atoms with Gasteiger partial charge in [-0.15, -0.1) is 0 Å². The fourth-order valence-electron chi connectivity index (χ4n) is 5.99. The van der Waals surface area contributed by atoms with Crippen molar-refractivity contribution in [3.8, 4) is 11.1 Å². The minimum Gasteiger partial charge on any atom is -0.454 e. The van der Waals surface area contributed by atoms with Crippen LogP contribution >= 0.6 is 0 Å². The van der Waals surface area contributed by atoms with Crippen molar-refractivity contribution in [1.82, 2.24) is 0 Å². The van der Waals surface area contributed by atoms with E-state index in [-0.39, 0.29) is 0 Å². The summed E-state index contributed by atoms with van der Waals surface area (Å²) in [7, 11) is 0. The average Bonchev–Trinajstić information content (AvgIpc) is 3.41. The molecule has 0 spiro atoms. The van der Waals surface area contributed by atoms with Gasteiger partial charge in [0.1, 0.15) is 5.58 Å². The number of benzene rings is 7. The summed E-state index contributed by atoms with van der Waals surface area (Å²) in [6.45, 7) is 0. The van der Waals surface area contributed by atoms with E-state index in [2.05, 4.69) is 144 Å². The fraction of sp³-hybridized carbons (Fsp3) is 0. The molecule has 0 fully saturated rings. The first-order chi connectivity index (χ1) is 19.8. The molecular weight excluding hydrogens is 486 g/mol. The van der Waals surface area contributed by atoms with Gasteiger partial charge in [-0.05, 0) is 63.5 Å². The van der Waals surface area contributed by atoms with Crippen molar-refractivity contribution in [1.29, 1.82) is 0 Å². The molecule has 0 unspecified atom stereocenters. The van der Waals surface area contributed by atoms with E-state index in [0.717, 1.165) is 39.0 Å². The summed E-state index contributed by atoms with van der Waals surface area (Å²) in [6, 6.07) is 53.8. The SMILES string of the molecule is c1ccc(N(c2ccc3ccccc3c2-c2ccc3ccccc3c2)c2cccc3c2oc2ccccc23)cc1. The maximum Gasteiger partial charge on any atom is 0.159 e. The molecule has 0 atom stereocenters. The molecule has 2 nitrogen and oxygen atoms in total. The van der Waals surface area contributed by atoms with Gasteiger partial charge in [-0.25, -0.2) is 0 Å². The largest absolute Gasteiger partial charge is 0.454 e. The zero-order valence-corrected chi connectivity index (χ0v) is 21.8. The number of nitrogens with zero attached hydrogens (tertiary/aromatic N) is 1.